The molecule has 1 aromatic rings. The molecule has 0 aliphatic heterocycles. The minimum Gasteiger partial charge on any atom is -0.382 e. The number of halogens is 2. The fourth-order valence-electron chi connectivity index (χ4n) is 1.91. The van der Waals surface area contributed by atoms with Gasteiger partial charge < -0.3 is 9.47 Å². The molecule has 0 radical (unpaired) electrons. The Morgan fingerprint density at radius 1 is 1.16 bits per heavy atom. The maximum Gasteiger partial charge on any atom is 0.0700 e. The van der Waals surface area contributed by atoms with Gasteiger partial charge in [-0.15, -0.1) is 11.6 Å². The van der Waals surface area contributed by atoms with Crippen molar-refractivity contribution in [3.63, 3.8) is 0 Å². The van der Waals surface area contributed by atoms with Gasteiger partial charge >= 0.3 is 0 Å². The van der Waals surface area contributed by atoms with Crippen LogP contribution in [-0.4, -0.2) is 32.8 Å². The highest BCUT2D eigenvalue weighted by molar-refractivity contribution is 9.10. The van der Waals surface area contributed by atoms with Crippen LogP contribution in [0.3, 0.4) is 0 Å². The maximum atomic E-state index is 6.04. The van der Waals surface area contributed by atoms with Gasteiger partial charge in [-0.3, -0.25) is 0 Å². The molecule has 0 heterocycles. The third-order valence-electron chi connectivity index (χ3n) is 2.99. The molecule has 0 N–H and O–H groups in total. The predicted molar refractivity (Wildman–Crippen MR) is 84.0 cm³/mol. The highest BCUT2D eigenvalue weighted by atomic mass is 79.9. The van der Waals surface area contributed by atoms with E-state index in [1.807, 2.05) is 0 Å². The van der Waals surface area contributed by atoms with Gasteiger partial charge in [0.1, 0.15) is 0 Å². The van der Waals surface area contributed by atoms with Gasteiger partial charge in [0.05, 0.1) is 13.2 Å². The van der Waals surface area contributed by atoms with Crippen molar-refractivity contribution in [2.75, 3.05) is 32.8 Å². The summed E-state index contributed by atoms with van der Waals surface area (Å²) in [7, 11) is 1.69. The second-order valence-electron chi connectivity index (χ2n) is 4.60. The Balaban J connectivity index is 2.20. The van der Waals surface area contributed by atoms with Crippen molar-refractivity contribution in [1.29, 1.82) is 0 Å². The van der Waals surface area contributed by atoms with Gasteiger partial charge in [-0.2, -0.15) is 0 Å². The summed E-state index contributed by atoms with van der Waals surface area (Å²) in [6.07, 6.45) is 3.19. The molecule has 0 aromatic heterocycles. The third kappa shape index (κ3) is 7.93. The van der Waals surface area contributed by atoms with Crippen LogP contribution in [-0.2, 0) is 15.9 Å². The van der Waals surface area contributed by atoms with E-state index < -0.39 is 0 Å². The van der Waals surface area contributed by atoms with E-state index in [0.717, 1.165) is 30.3 Å². The summed E-state index contributed by atoms with van der Waals surface area (Å²) in [4.78, 5) is 0. The Bertz CT molecular complexity index is 329. The quantitative estimate of drug-likeness (QED) is 0.463. The molecule has 4 heteroatoms. The Morgan fingerprint density at radius 2 is 1.89 bits per heavy atom. The molecule has 0 bridgehead atoms. The molecule has 0 amide bonds. The van der Waals surface area contributed by atoms with Crippen molar-refractivity contribution in [3.05, 3.63) is 34.3 Å². The third-order valence-corrected chi connectivity index (χ3v) is 3.95. The number of hydrogen-bond acceptors (Lipinski definition) is 2. The molecular weight excluding hydrogens is 328 g/mol. The van der Waals surface area contributed by atoms with Gasteiger partial charge in [0.2, 0.25) is 0 Å². The maximum absolute atomic E-state index is 6.04. The van der Waals surface area contributed by atoms with E-state index in [9.17, 15) is 0 Å². The van der Waals surface area contributed by atoms with Crippen molar-refractivity contribution in [1.82, 2.24) is 0 Å². The monoisotopic (exact) mass is 348 g/mol. The molecule has 0 fully saturated rings. The lowest BCUT2D eigenvalue weighted by Gasteiger charge is -2.14. The molecule has 0 spiro atoms. The van der Waals surface area contributed by atoms with Gasteiger partial charge in [0, 0.05) is 24.1 Å². The smallest absolute Gasteiger partial charge is 0.0700 e. The van der Waals surface area contributed by atoms with Crippen molar-refractivity contribution >= 4 is 27.5 Å². The van der Waals surface area contributed by atoms with Crippen molar-refractivity contribution in [3.8, 4) is 0 Å². The first-order chi connectivity index (χ1) is 9.26. The molecule has 2 nitrogen and oxygen atoms in total. The molecule has 0 saturated heterocycles. The van der Waals surface area contributed by atoms with Gasteiger partial charge in [-0.1, -0.05) is 28.1 Å². The zero-order valence-corrected chi connectivity index (χ0v) is 13.8. The summed E-state index contributed by atoms with van der Waals surface area (Å²) in [6.45, 7) is 2.13. The van der Waals surface area contributed by atoms with Crippen molar-refractivity contribution in [2.24, 2.45) is 5.92 Å². The lowest BCUT2D eigenvalue weighted by atomic mass is 9.97. The van der Waals surface area contributed by atoms with E-state index in [4.69, 9.17) is 21.1 Å². The summed E-state index contributed by atoms with van der Waals surface area (Å²) < 4.78 is 11.5. The van der Waals surface area contributed by atoms with Crippen molar-refractivity contribution < 1.29 is 9.47 Å². The number of ether oxygens (including phenoxy) is 2. The van der Waals surface area contributed by atoms with Crippen LogP contribution in [0.2, 0.25) is 0 Å². The minimum atomic E-state index is 0.522. The topological polar surface area (TPSA) is 18.5 Å². The van der Waals surface area contributed by atoms with Crippen LogP contribution in [0.5, 0.6) is 0 Å². The summed E-state index contributed by atoms with van der Waals surface area (Å²) >= 11 is 9.49. The summed E-state index contributed by atoms with van der Waals surface area (Å²) in [5.41, 5.74) is 1.34. The number of alkyl halides is 1. The summed E-state index contributed by atoms with van der Waals surface area (Å²) in [5.74, 6) is 1.22. The molecule has 19 heavy (non-hydrogen) atoms. The number of hydrogen-bond donors (Lipinski definition) is 0. The second kappa shape index (κ2) is 10.7. The van der Waals surface area contributed by atoms with Crippen molar-refractivity contribution in [2.45, 2.75) is 19.3 Å². The lowest BCUT2D eigenvalue weighted by molar-refractivity contribution is 0.0675. The highest BCUT2D eigenvalue weighted by Gasteiger charge is 2.08. The van der Waals surface area contributed by atoms with Gasteiger partial charge in [0.15, 0.2) is 0 Å². The SMILES string of the molecule is COCCOCCCC(CCl)Cc1ccc(Br)cc1. The molecule has 1 aromatic carbocycles. The largest absolute Gasteiger partial charge is 0.382 e. The first kappa shape index (κ1) is 17.0. The van der Waals surface area contributed by atoms with E-state index in [-0.39, 0.29) is 0 Å². The van der Waals surface area contributed by atoms with E-state index in [1.165, 1.54) is 5.56 Å². The van der Waals surface area contributed by atoms with Crippen LogP contribution in [0.4, 0.5) is 0 Å². The van der Waals surface area contributed by atoms with Gasteiger partial charge in [0.25, 0.3) is 0 Å². The van der Waals surface area contributed by atoms with Gasteiger partial charge in [-0.05, 0) is 42.9 Å². The molecule has 0 aliphatic carbocycles. The minimum absolute atomic E-state index is 0.522. The number of benzene rings is 1. The molecule has 0 aliphatic rings. The molecule has 1 unspecified atom stereocenters. The lowest BCUT2D eigenvalue weighted by Crippen LogP contribution is -2.09. The Labute approximate surface area is 129 Å². The average molecular weight is 350 g/mol. The van der Waals surface area contributed by atoms with Crippen LogP contribution in [0.25, 0.3) is 0 Å². The average Bonchev–Trinajstić information content (AvgIpc) is 2.43. The Hall–Kier alpha value is -0.0900. The number of methoxy groups -OCH3 is 1. The van der Waals surface area contributed by atoms with Crippen LogP contribution in [0, 0.1) is 5.92 Å². The first-order valence-corrected chi connectivity index (χ1v) is 7.96. The standard InChI is InChI=1S/C15H22BrClO2/c1-18-9-10-19-8-2-3-14(12-17)11-13-4-6-15(16)7-5-13/h4-7,14H,2-3,8-12H2,1H3. The Morgan fingerprint density at radius 3 is 2.53 bits per heavy atom. The zero-order chi connectivity index (χ0) is 13.9. The van der Waals surface area contributed by atoms with Crippen LogP contribution >= 0.6 is 27.5 Å². The van der Waals surface area contributed by atoms with Crippen LogP contribution in [0.15, 0.2) is 28.7 Å². The summed E-state index contributed by atoms with van der Waals surface area (Å²) in [5, 5.41) is 0. The van der Waals surface area contributed by atoms with Crippen LogP contribution < -0.4 is 0 Å². The van der Waals surface area contributed by atoms with Gasteiger partial charge in [-0.25, -0.2) is 0 Å². The molecule has 108 valence electrons. The molecule has 1 atom stereocenters. The molecule has 0 saturated carbocycles. The first-order valence-electron chi connectivity index (χ1n) is 6.63. The normalized spacial score (nSPS) is 12.6. The van der Waals surface area contributed by atoms with E-state index in [2.05, 4.69) is 40.2 Å². The zero-order valence-electron chi connectivity index (χ0n) is 11.4. The molecular formula is C15H22BrClO2. The fraction of sp³-hybridized carbons (Fsp3) is 0.600. The summed E-state index contributed by atoms with van der Waals surface area (Å²) in [6, 6.07) is 8.46. The highest BCUT2D eigenvalue weighted by Crippen LogP contribution is 2.18. The Kier molecular flexibility index (Phi) is 9.52. The predicted octanol–water partition coefficient (Wildman–Crippen LogP) is 4.29. The van der Waals surface area contributed by atoms with E-state index in [1.54, 1.807) is 7.11 Å². The number of rotatable bonds is 10. The second-order valence-corrected chi connectivity index (χ2v) is 5.82. The van der Waals surface area contributed by atoms with E-state index >= 15 is 0 Å². The van der Waals surface area contributed by atoms with E-state index in [0.29, 0.717) is 25.0 Å². The molecule has 1 rings (SSSR count). The van der Waals surface area contributed by atoms with Crippen LogP contribution in [0.1, 0.15) is 18.4 Å². The fourth-order valence-corrected chi connectivity index (χ4v) is 2.43.